The summed E-state index contributed by atoms with van der Waals surface area (Å²) in [5.74, 6) is -0.640. The molecule has 1 amide bonds. The van der Waals surface area contributed by atoms with Crippen molar-refractivity contribution in [3.8, 4) is 17.2 Å². The topological polar surface area (TPSA) is 126 Å². The highest BCUT2D eigenvalue weighted by Gasteiger charge is 2.48. The standard InChI is InChI=1S/C35H28N2O5S.C2H4O2/c1-19-14-20(2)30-28(15-19)43-35(36-30)37-31(22-8-7-11-26(18-22)42-25-9-5-4-6-10-25)29(33(39)34(37)40)32(38)23-12-13-27-24(17-23)16-21(3)41-27;1-2(3)4/h4-15,17-18,21,31,38H,16H2,1-3H3;1H3,(H,3,4)/b32-29+;. The highest BCUT2D eigenvalue weighted by molar-refractivity contribution is 7.22. The van der Waals surface area contributed by atoms with Crippen molar-refractivity contribution in [1.82, 2.24) is 4.98 Å². The second-order valence-corrected chi connectivity index (χ2v) is 12.6. The lowest BCUT2D eigenvalue weighted by molar-refractivity contribution is -0.134. The number of Topliss-reactive ketones (excluding diaryl/α,β-unsaturated/α-hetero) is 1. The zero-order valence-electron chi connectivity index (χ0n) is 26.2. The molecule has 1 saturated heterocycles. The molecule has 7 rings (SSSR count). The largest absolute Gasteiger partial charge is 0.507 e. The van der Waals surface area contributed by atoms with Crippen LogP contribution >= 0.6 is 11.3 Å². The number of thiazole rings is 1. The van der Waals surface area contributed by atoms with Crippen LogP contribution in [-0.2, 0) is 20.8 Å². The average Bonchev–Trinajstić information content (AvgIpc) is 3.69. The van der Waals surface area contributed by atoms with E-state index in [9.17, 15) is 14.7 Å². The second-order valence-electron chi connectivity index (χ2n) is 11.6. The van der Waals surface area contributed by atoms with Crippen molar-refractivity contribution in [1.29, 1.82) is 0 Å². The lowest BCUT2D eigenvalue weighted by atomic mass is 9.94. The molecule has 0 aliphatic carbocycles. The molecular formula is C37H32N2O7S. The molecule has 238 valence electrons. The van der Waals surface area contributed by atoms with Gasteiger partial charge in [-0.2, -0.15) is 0 Å². The summed E-state index contributed by atoms with van der Waals surface area (Å²) in [5.41, 5.74) is 4.85. The number of para-hydroxylation sites is 1. The first-order chi connectivity index (χ1) is 22.5. The first-order valence-corrected chi connectivity index (χ1v) is 15.8. The van der Waals surface area contributed by atoms with Crippen LogP contribution in [0.5, 0.6) is 17.2 Å². The molecular weight excluding hydrogens is 616 g/mol. The van der Waals surface area contributed by atoms with Crippen LogP contribution in [0.15, 0.2) is 90.5 Å². The number of aryl methyl sites for hydroxylation is 2. The lowest BCUT2D eigenvalue weighted by Crippen LogP contribution is -2.29. The molecule has 5 aromatic rings. The molecule has 0 radical (unpaired) electrons. The Morgan fingerprint density at radius 1 is 0.957 bits per heavy atom. The molecule has 2 aliphatic rings. The van der Waals surface area contributed by atoms with Crippen molar-refractivity contribution in [3.63, 3.8) is 0 Å². The van der Waals surface area contributed by atoms with Crippen LogP contribution in [0, 0.1) is 13.8 Å². The Bertz CT molecular complexity index is 2060. The van der Waals surface area contributed by atoms with Crippen molar-refractivity contribution < 1.29 is 34.1 Å². The molecule has 0 bridgehead atoms. The summed E-state index contributed by atoms with van der Waals surface area (Å²) < 4.78 is 12.8. The summed E-state index contributed by atoms with van der Waals surface area (Å²) >= 11 is 1.35. The minimum Gasteiger partial charge on any atom is -0.507 e. The van der Waals surface area contributed by atoms with Gasteiger partial charge in [-0.15, -0.1) is 0 Å². The molecule has 47 heavy (non-hydrogen) atoms. The van der Waals surface area contributed by atoms with Gasteiger partial charge in [-0.25, -0.2) is 4.98 Å². The first kappa shape index (κ1) is 31.5. The predicted molar refractivity (Wildman–Crippen MR) is 180 cm³/mol. The number of hydrogen-bond donors (Lipinski definition) is 2. The first-order valence-electron chi connectivity index (χ1n) is 15.0. The minimum absolute atomic E-state index is 0.000864. The zero-order chi connectivity index (χ0) is 33.4. The third-order valence-corrected chi connectivity index (χ3v) is 8.79. The zero-order valence-corrected chi connectivity index (χ0v) is 27.0. The van der Waals surface area contributed by atoms with E-state index < -0.39 is 23.7 Å². The van der Waals surface area contributed by atoms with Crippen LogP contribution in [0.3, 0.4) is 0 Å². The van der Waals surface area contributed by atoms with Crippen molar-refractivity contribution in [2.45, 2.75) is 46.3 Å². The number of carboxylic acid groups (broad SMARTS) is 1. The molecule has 2 aliphatic heterocycles. The van der Waals surface area contributed by atoms with Gasteiger partial charge < -0.3 is 19.7 Å². The number of aromatic nitrogens is 1. The summed E-state index contributed by atoms with van der Waals surface area (Å²) in [6.45, 7) is 7.06. The maximum absolute atomic E-state index is 13.8. The van der Waals surface area contributed by atoms with Gasteiger partial charge in [0.2, 0.25) is 0 Å². The van der Waals surface area contributed by atoms with Crippen LogP contribution in [-0.4, -0.2) is 39.0 Å². The third-order valence-electron chi connectivity index (χ3n) is 7.79. The molecule has 4 aromatic carbocycles. The molecule has 1 aromatic heterocycles. The SMILES string of the molecule is CC(=O)O.Cc1cc(C)c2nc(N3C(=O)C(=O)/C(=C(/O)c4ccc5c(c4)CC(C)O5)C3c3cccc(Oc4ccccc4)c3)sc2c1. The quantitative estimate of drug-likeness (QED) is 0.113. The Hall–Kier alpha value is -5.48. The molecule has 3 heterocycles. The number of hydrogen-bond acceptors (Lipinski definition) is 8. The number of carboxylic acids is 1. The van der Waals surface area contributed by atoms with E-state index in [1.807, 2.05) is 87.5 Å². The van der Waals surface area contributed by atoms with E-state index >= 15 is 0 Å². The Kier molecular flexibility index (Phi) is 8.53. The van der Waals surface area contributed by atoms with E-state index in [-0.39, 0.29) is 17.4 Å². The number of aliphatic hydroxyl groups excluding tert-OH is 1. The summed E-state index contributed by atoms with van der Waals surface area (Å²) in [4.78, 5) is 42.9. The second kappa shape index (κ2) is 12.7. The van der Waals surface area contributed by atoms with Crippen LogP contribution in [0.4, 0.5) is 5.13 Å². The number of aliphatic hydroxyl groups is 1. The van der Waals surface area contributed by atoms with E-state index in [4.69, 9.17) is 24.4 Å². The normalized spacial score (nSPS) is 18.0. The fourth-order valence-corrected chi connectivity index (χ4v) is 7.07. The van der Waals surface area contributed by atoms with Gasteiger partial charge in [-0.3, -0.25) is 19.3 Å². The number of anilines is 1. The highest BCUT2D eigenvalue weighted by atomic mass is 32.1. The van der Waals surface area contributed by atoms with Crippen LogP contribution in [0.2, 0.25) is 0 Å². The Morgan fingerprint density at radius 2 is 1.68 bits per heavy atom. The maximum Gasteiger partial charge on any atom is 0.301 e. The van der Waals surface area contributed by atoms with Crippen LogP contribution < -0.4 is 14.4 Å². The fourth-order valence-electron chi connectivity index (χ4n) is 5.90. The molecule has 2 atom stereocenters. The van der Waals surface area contributed by atoms with Gasteiger partial charge in [0, 0.05) is 18.9 Å². The van der Waals surface area contributed by atoms with Gasteiger partial charge >= 0.3 is 5.91 Å². The Morgan fingerprint density at radius 3 is 2.43 bits per heavy atom. The number of nitrogens with zero attached hydrogens (tertiary/aromatic N) is 2. The maximum atomic E-state index is 13.8. The van der Waals surface area contributed by atoms with E-state index in [0.717, 1.165) is 39.6 Å². The number of carbonyl (C=O) groups excluding carboxylic acids is 2. The van der Waals surface area contributed by atoms with Gasteiger partial charge in [0.15, 0.2) is 5.13 Å². The average molecular weight is 649 g/mol. The molecule has 10 heteroatoms. The molecule has 9 nitrogen and oxygen atoms in total. The number of benzene rings is 4. The van der Waals surface area contributed by atoms with Crippen molar-refractivity contribution in [2.24, 2.45) is 0 Å². The third kappa shape index (κ3) is 6.32. The van der Waals surface area contributed by atoms with Crippen LogP contribution in [0.1, 0.15) is 47.7 Å². The van der Waals surface area contributed by atoms with Gasteiger partial charge in [0.05, 0.1) is 21.8 Å². The number of ketones is 1. The molecule has 0 spiro atoms. The Labute approximate surface area is 275 Å². The number of amides is 1. The van der Waals surface area contributed by atoms with Crippen LogP contribution in [0.25, 0.3) is 16.0 Å². The number of carbonyl (C=O) groups is 3. The molecule has 0 saturated carbocycles. The number of rotatable bonds is 5. The fraction of sp³-hybridized carbons (Fsp3) is 0.189. The van der Waals surface area contributed by atoms with E-state index in [0.29, 0.717) is 34.2 Å². The molecule has 1 fully saturated rings. The minimum atomic E-state index is -0.926. The summed E-state index contributed by atoms with van der Waals surface area (Å²) in [6, 6.07) is 25.1. The number of fused-ring (bicyclic) bond motifs is 2. The summed E-state index contributed by atoms with van der Waals surface area (Å²) in [5, 5.41) is 19.5. The smallest absolute Gasteiger partial charge is 0.301 e. The van der Waals surface area contributed by atoms with E-state index in [1.54, 1.807) is 18.2 Å². The molecule has 2 N–H and O–H groups in total. The van der Waals surface area contributed by atoms with Crippen molar-refractivity contribution in [3.05, 3.63) is 118 Å². The van der Waals surface area contributed by atoms with Gasteiger partial charge in [0.1, 0.15) is 29.1 Å². The summed E-state index contributed by atoms with van der Waals surface area (Å²) in [7, 11) is 0. The van der Waals surface area contributed by atoms with E-state index in [1.165, 1.54) is 16.2 Å². The monoisotopic (exact) mass is 648 g/mol. The van der Waals surface area contributed by atoms with Crippen molar-refractivity contribution >= 4 is 50.1 Å². The number of aliphatic carboxylic acids is 1. The predicted octanol–water partition coefficient (Wildman–Crippen LogP) is 7.75. The summed E-state index contributed by atoms with van der Waals surface area (Å²) in [6.07, 6.45) is 0.717. The van der Waals surface area contributed by atoms with Gasteiger partial charge in [0.25, 0.3) is 11.8 Å². The van der Waals surface area contributed by atoms with Crippen molar-refractivity contribution in [2.75, 3.05) is 4.90 Å². The van der Waals surface area contributed by atoms with E-state index in [2.05, 4.69) is 0 Å². The van der Waals surface area contributed by atoms with Gasteiger partial charge in [-0.1, -0.05) is 47.7 Å². The molecule has 2 unspecified atom stereocenters. The number of ether oxygens (including phenoxy) is 2. The highest BCUT2D eigenvalue weighted by Crippen LogP contribution is 2.46. The Balaban J connectivity index is 0.000000915. The lowest BCUT2D eigenvalue weighted by Gasteiger charge is -2.23. The van der Waals surface area contributed by atoms with Gasteiger partial charge in [-0.05, 0) is 91.6 Å².